The number of aryl methyl sites for hydroxylation is 2. The molecule has 1 fully saturated rings. The quantitative estimate of drug-likeness (QED) is 0.760. The zero-order valence-electron chi connectivity index (χ0n) is 15.1. The van der Waals surface area contributed by atoms with Crippen LogP contribution in [-0.4, -0.2) is 33.9 Å². The monoisotopic (exact) mass is 349 g/mol. The highest BCUT2D eigenvalue weighted by atomic mass is 16.1. The molecule has 1 atom stereocenters. The Bertz CT molecular complexity index is 928. The molecular weight excluding hydrogens is 326 g/mol. The van der Waals surface area contributed by atoms with E-state index in [9.17, 15) is 4.79 Å². The van der Waals surface area contributed by atoms with Gasteiger partial charge in [-0.3, -0.25) is 4.79 Å². The lowest BCUT2D eigenvalue weighted by molar-refractivity contribution is -0.120. The van der Waals surface area contributed by atoms with Crippen LogP contribution < -0.4 is 10.2 Å². The van der Waals surface area contributed by atoms with Crippen LogP contribution in [0.3, 0.4) is 0 Å². The first kappa shape index (κ1) is 16.6. The lowest BCUT2D eigenvalue weighted by Crippen LogP contribution is -2.41. The van der Waals surface area contributed by atoms with Gasteiger partial charge in [-0.25, -0.2) is 9.97 Å². The Labute approximate surface area is 152 Å². The van der Waals surface area contributed by atoms with Crippen molar-refractivity contribution in [1.29, 1.82) is 0 Å². The first-order chi connectivity index (χ1) is 12.6. The molecule has 0 bridgehead atoms. The molecule has 0 saturated carbocycles. The Morgan fingerprint density at radius 3 is 2.81 bits per heavy atom. The summed E-state index contributed by atoms with van der Waals surface area (Å²) in [5.41, 5.74) is 3.82. The van der Waals surface area contributed by atoms with E-state index in [0.717, 1.165) is 53.3 Å². The fraction of sp³-hybridized carbons (Fsp3) is 0.350. The first-order valence-corrected chi connectivity index (χ1v) is 9.04. The van der Waals surface area contributed by atoms with E-state index < -0.39 is 0 Å². The molecule has 3 aromatic rings. The summed E-state index contributed by atoms with van der Waals surface area (Å²) in [6, 6.07) is 9.89. The van der Waals surface area contributed by atoms with Crippen LogP contribution in [0.15, 0.2) is 36.5 Å². The molecule has 6 heteroatoms. The minimum Gasteiger partial charge on any atom is -0.361 e. The highest BCUT2D eigenvalue weighted by molar-refractivity contribution is 5.95. The molecule has 1 aliphatic heterocycles. The fourth-order valence-electron chi connectivity index (χ4n) is 3.60. The van der Waals surface area contributed by atoms with E-state index in [-0.39, 0.29) is 11.8 Å². The van der Waals surface area contributed by atoms with Crippen molar-refractivity contribution in [2.24, 2.45) is 5.92 Å². The molecule has 1 aliphatic rings. The maximum absolute atomic E-state index is 12.8. The number of carbonyl (C=O) groups excluding carboxylic acids is 1. The SMILES string of the molecule is Cc1cc(C)nc(N2CCC[C@@H](C(=O)Nc3ccc4[nH]ccc4c3)C2)n1. The van der Waals surface area contributed by atoms with Crippen LogP contribution in [-0.2, 0) is 4.79 Å². The van der Waals surface area contributed by atoms with Gasteiger partial charge in [-0.1, -0.05) is 0 Å². The van der Waals surface area contributed by atoms with Crippen molar-refractivity contribution in [3.63, 3.8) is 0 Å². The third-order valence-corrected chi connectivity index (χ3v) is 4.87. The molecule has 0 aliphatic carbocycles. The number of hydrogen-bond acceptors (Lipinski definition) is 4. The van der Waals surface area contributed by atoms with E-state index in [1.54, 1.807) is 0 Å². The summed E-state index contributed by atoms with van der Waals surface area (Å²) in [7, 11) is 0. The summed E-state index contributed by atoms with van der Waals surface area (Å²) in [5, 5.41) is 4.16. The molecule has 1 aromatic carbocycles. The number of benzene rings is 1. The Morgan fingerprint density at radius 2 is 2.00 bits per heavy atom. The predicted molar refractivity (Wildman–Crippen MR) is 103 cm³/mol. The van der Waals surface area contributed by atoms with Crippen LogP contribution in [0.1, 0.15) is 24.2 Å². The molecule has 0 unspecified atom stereocenters. The van der Waals surface area contributed by atoms with E-state index in [2.05, 4.69) is 25.2 Å². The number of aromatic nitrogens is 3. The molecular formula is C20H23N5O. The molecule has 2 aromatic heterocycles. The number of fused-ring (bicyclic) bond motifs is 1. The van der Waals surface area contributed by atoms with Gasteiger partial charge in [0.15, 0.2) is 0 Å². The van der Waals surface area contributed by atoms with Crippen LogP contribution in [0.4, 0.5) is 11.6 Å². The van der Waals surface area contributed by atoms with Crippen molar-refractivity contribution in [3.05, 3.63) is 47.9 Å². The minimum absolute atomic E-state index is 0.0601. The van der Waals surface area contributed by atoms with Crippen molar-refractivity contribution in [2.45, 2.75) is 26.7 Å². The van der Waals surface area contributed by atoms with E-state index >= 15 is 0 Å². The Morgan fingerprint density at radius 1 is 1.19 bits per heavy atom. The second-order valence-corrected chi connectivity index (χ2v) is 7.00. The average Bonchev–Trinajstić information content (AvgIpc) is 3.09. The summed E-state index contributed by atoms with van der Waals surface area (Å²) in [6.45, 7) is 5.50. The van der Waals surface area contributed by atoms with Crippen LogP contribution in [0, 0.1) is 19.8 Å². The second-order valence-electron chi connectivity index (χ2n) is 7.00. The van der Waals surface area contributed by atoms with Crippen molar-refractivity contribution < 1.29 is 4.79 Å². The highest BCUT2D eigenvalue weighted by Gasteiger charge is 2.27. The van der Waals surface area contributed by atoms with Gasteiger partial charge in [0.25, 0.3) is 0 Å². The molecule has 134 valence electrons. The summed E-state index contributed by atoms with van der Waals surface area (Å²) in [5.74, 6) is 0.734. The van der Waals surface area contributed by atoms with Crippen LogP contribution in [0.25, 0.3) is 10.9 Å². The van der Waals surface area contributed by atoms with Gasteiger partial charge in [-0.05, 0) is 57.0 Å². The second kappa shape index (κ2) is 6.78. The third-order valence-electron chi connectivity index (χ3n) is 4.87. The standard InChI is InChI=1S/C20H23N5O/c1-13-10-14(2)23-20(22-13)25-9-3-4-16(12-25)19(26)24-17-5-6-18-15(11-17)7-8-21-18/h5-8,10-11,16,21H,3-4,9,12H2,1-2H3,(H,24,26)/t16-/m1/s1. The summed E-state index contributed by atoms with van der Waals surface area (Å²) in [6.07, 6.45) is 3.75. The van der Waals surface area contributed by atoms with Crippen molar-refractivity contribution in [1.82, 2.24) is 15.0 Å². The van der Waals surface area contributed by atoms with Crippen molar-refractivity contribution in [3.8, 4) is 0 Å². The number of aromatic amines is 1. The van der Waals surface area contributed by atoms with Gasteiger partial charge in [-0.2, -0.15) is 0 Å². The predicted octanol–water partition coefficient (Wildman–Crippen LogP) is 3.43. The highest BCUT2D eigenvalue weighted by Crippen LogP contribution is 2.23. The zero-order valence-corrected chi connectivity index (χ0v) is 15.1. The number of hydrogen-bond donors (Lipinski definition) is 2. The maximum Gasteiger partial charge on any atom is 0.229 e. The van der Waals surface area contributed by atoms with Gasteiger partial charge in [0.05, 0.1) is 5.92 Å². The first-order valence-electron chi connectivity index (χ1n) is 9.04. The van der Waals surface area contributed by atoms with Gasteiger partial charge in [-0.15, -0.1) is 0 Å². The molecule has 4 rings (SSSR count). The summed E-state index contributed by atoms with van der Waals surface area (Å²) in [4.78, 5) is 27.1. The fourth-order valence-corrected chi connectivity index (χ4v) is 3.60. The average molecular weight is 349 g/mol. The van der Waals surface area contributed by atoms with Gasteiger partial charge in [0.1, 0.15) is 0 Å². The molecule has 0 radical (unpaired) electrons. The normalized spacial score (nSPS) is 17.5. The molecule has 6 nitrogen and oxygen atoms in total. The number of piperidine rings is 1. The van der Waals surface area contributed by atoms with Crippen molar-refractivity contribution in [2.75, 3.05) is 23.3 Å². The summed E-state index contributed by atoms with van der Waals surface area (Å²) >= 11 is 0. The number of H-pyrrole nitrogens is 1. The minimum atomic E-state index is -0.0601. The Balaban J connectivity index is 1.47. The Kier molecular flexibility index (Phi) is 4.32. The largest absolute Gasteiger partial charge is 0.361 e. The van der Waals surface area contributed by atoms with Gasteiger partial charge in [0.2, 0.25) is 11.9 Å². The number of nitrogens with zero attached hydrogens (tertiary/aromatic N) is 3. The Hall–Kier alpha value is -2.89. The number of rotatable bonds is 3. The molecule has 3 heterocycles. The van der Waals surface area contributed by atoms with Crippen LogP contribution >= 0.6 is 0 Å². The maximum atomic E-state index is 12.8. The number of carbonyl (C=O) groups is 1. The van der Waals surface area contributed by atoms with Gasteiger partial charge in [0, 0.05) is 47.3 Å². The van der Waals surface area contributed by atoms with Crippen LogP contribution in [0.2, 0.25) is 0 Å². The third kappa shape index (κ3) is 3.40. The van der Waals surface area contributed by atoms with Gasteiger partial charge < -0.3 is 15.2 Å². The van der Waals surface area contributed by atoms with Crippen molar-refractivity contribution >= 4 is 28.4 Å². The van der Waals surface area contributed by atoms with Crippen LogP contribution in [0.5, 0.6) is 0 Å². The lowest BCUT2D eigenvalue weighted by Gasteiger charge is -2.32. The number of amides is 1. The molecule has 2 N–H and O–H groups in total. The topological polar surface area (TPSA) is 73.9 Å². The van der Waals surface area contributed by atoms with E-state index in [1.165, 1.54) is 0 Å². The number of nitrogens with one attached hydrogen (secondary N) is 2. The number of anilines is 2. The lowest BCUT2D eigenvalue weighted by atomic mass is 9.97. The smallest absolute Gasteiger partial charge is 0.229 e. The van der Waals surface area contributed by atoms with E-state index in [4.69, 9.17) is 0 Å². The van der Waals surface area contributed by atoms with Gasteiger partial charge >= 0.3 is 0 Å². The van der Waals surface area contributed by atoms with E-state index in [0.29, 0.717) is 6.54 Å². The molecule has 0 spiro atoms. The molecule has 26 heavy (non-hydrogen) atoms. The van der Waals surface area contributed by atoms with E-state index in [1.807, 2.05) is 50.4 Å². The molecule has 1 amide bonds. The summed E-state index contributed by atoms with van der Waals surface area (Å²) < 4.78 is 0. The zero-order chi connectivity index (χ0) is 18.1. The molecule has 1 saturated heterocycles.